The number of aromatic nitrogens is 6. The van der Waals surface area contributed by atoms with Gasteiger partial charge < -0.3 is 72.4 Å². The van der Waals surface area contributed by atoms with E-state index < -0.39 is 103 Å². The molecule has 9 aliphatic heterocycles. The van der Waals surface area contributed by atoms with Gasteiger partial charge in [-0.1, -0.05) is 94.3 Å². The first-order valence-corrected chi connectivity index (χ1v) is 41.4. The molecule has 17 rings (SSSR count). The second-order valence-corrected chi connectivity index (χ2v) is 33.2. The van der Waals surface area contributed by atoms with Crippen LogP contribution in [0.1, 0.15) is 171 Å². The van der Waals surface area contributed by atoms with E-state index in [1.165, 1.54) is 14.1 Å². The number of rotatable bonds is 22. The van der Waals surface area contributed by atoms with Gasteiger partial charge in [-0.25, -0.2) is 46.1 Å². The first-order chi connectivity index (χ1) is 58.2. The summed E-state index contributed by atoms with van der Waals surface area (Å²) in [5.74, 6) is -7.13. The van der Waals surface area contributed by atoms with Crippen molar-refractivity contribution in [3.63, 3.8) is 0 Å². The largest absolute Gasteiger partial charge is 0.487 e. The minimum atomic E-state index is -2.81. The number of fused-ring (bicyclic) bond motifs is 3. The molecule has 2 spiro atoms. The lowest BCUT2D eigenvalue weighted by Gasteiger charge is -2.43. The molecule has 10 atom stereocenters. The number of likely N-dealkylation sites (tertiary alicyclic amines) is 2. The normalized spacial score (nSPS) is 24.7. The van der Waals surface area contributed by atoms with Crippen LogP contribution in [-0.4, -0.2) is 209 Å². The number of hydrogen-bond acceptors (Lipinski definition) is 23. The molecule has 648 valence electrons. The summed E-state index contributed by atoms with van der Waals surface area (Å²) < 4.78 is 106. The molecule has 4 amide bonds. The number of nitrogens with zero attached hydrogens (tertiary/aromatic N) is 10. The van der Waals surface area contributed by atoms with Crippen LogP contribution in [0, 0.1) is 34.5 Å². The zero-order valence-corrected chi connectivity index (χ0v) is 68.1. The number of carboxylic acid groups (broad SMARTS) is 2. The summed E-state index contributed by atoms with van der Waals surface area (Å²) in [5, 5.41) is 34.9. The van der Waals surface area contributed by atoms with E-state index in [9.17, 15) is 70.6 Å². The average Bonchev–Trinajstić information content (AvgIpc) is 1.73. The second-order valence-electron chi connectivity index (χ2n) is 32.4. The molecule has 2 saturated carbocycles. The first-order valence-electron chi connectivity index (χ1n) is 40.7. The Hall–Kier alpha value is -10.2. The maximum absolute atomic E-state index is 14.6. The fourth-order valence-corrected chi connectivity index (χ4v) is 18.2. The van der Waals surface area contributed by atoms with Crippen molar-refractivity contribution in [2.24, 2.45) is 48.6 Å². The Balaban J connectivity index is 0.000000149. The van der Waals surface area contributed by atoms with Crippen LogP contribution >= 0.6 is 23.2 Å². The van der Waals surface area contributed by atoms with Crippen LogP contribution in [0.3, 0.4) is 0 Å². The zero-order chi connectivity index (χ0) is 85.6. The van der Waals surface area contributed by atoms with Crippen LogP contribution in [0.25, 0.3) is 0 Å². The van der Waals surface area contributed by atoms with Gasteiger partial charge in [-0.3, -0.25) is 28.8 Å². The van der Waals surface area contributed by atoms with Gasteiger partial charge in [0.2, 0.25) is 23.6 Å². The van der Waals surface area contributed by atoms with Crippen LogP contribution in [0.5, 0.6) is 11.5 Å². The fourth-order valence-electron chi connectivity index (χ4n) is 17.6. The molecule has 6 aromatic rings. The summed E-state index contributed by atoms with van der Waals surface area (Å²) in [6.45, 7) is 3.22. The summed E-state index contributed by atoms with van der Waals surface area (Å²) in [5.41, 5.74) is 3.59. The summed E-state index contributed by atoms with van der Waals surface area (Å²) in [4.78, 5) is 132. The van der Waals surface area contributed by atoms with Gasteiger partial charge in [0.1, 0.15) is 60.7 Å². The predicted molar refractivity (Wildman–Crippen MR) is 414 cm³/mol. The highest BCUT2D eigenvalue weighted by molar-refractivity contribution is 6.32. The van der Waals surface area contributed by atoms with Crippen molar-refractivity contribution in [3.05, 3.63) is 151 Å². The average molecular weight is 1730 g/mol. The van der Waals surface area contributed by atoms with Gasteiger partial charge in [-0.2, -0.15) is 0 Å². The van der Waals surface area contributed by atoms with Gasteiger partial charge >= 0.3 is 35.8 Å². The number of carboxylic acids is 2. The standard InChI is InChI=1S/C35H38ClF2N5O6.C28H32ClF2N5O6.C14H16O5.C7H8O4/c1-41-30(32(37)38)25(39-40-41)19-48-27-10-9-24(36)22-11-14-43(26(29(22)27)17-42-20-35(12-13-35)16-28(42)44)33(45)23-8-5-15-47-31(23)34(46)49-18-21-6-3-2-4-7-21;1-34-23(25(30)31)18(32-33-34)13-42-20-5-4-17(29)15-6-9-36(26(38)16-3-2-10-41-24(16)27(39)40)19(22(15)20)12-35-14-28(7-8-28)11-21(35)37;15-13(16)11-7-4-8-18-12(11)14(17)19-9-10-5-2-1-3-6-10;8-6-4-2-1-3-10-5(4)7(9)11-6/h2-4,6-7,9-10,23,26,31-32H,5,8,11-20H2,1H3;4-5,16,19,24-25H,2-3,6-14H2,1H3,(H,39,40);1-3,5-6,11-12H,4,7-9H2,(H,15,16);4-5H,1-3H2/t23-,26-,31+;16-,19-,24+;;/m11../s1. The molecule has 4 aromatic carbocycles. The highest BCUT2D eigenvalue weighted by Crippen LogP contribution is 2.56. The quantitative estimate of drug-likeness (QED) is 0.0276. The minimum absolute atomic E-state index is 0.00191. The number of carbonyl (C=O) groups excluding carboxylic acids is 8. The van der Waals surface area contributed by atoms with Gasteiger partial charge in [0, 0.05) is 114 Å². The Morgan fingerprint density at radius 3 is 1.35 bits per heavy atom. The fraction of sp³-hybridized carbons (Fsp3) is 0.548. The highest BCUT2D eigenvalue weighted by atomic mass is 35.5. The van der Waals surface area contributed by atoms with E-state index in [4.69, 9.17) is 66.2 Å². The maximum Gasteiger partial charge on any atom is 0.343 e. The molecular formula is C84H94Cl2F4N10O21. The number of amides is 4. The number of esters is 4. The SMILES string of the molecule is Cn1nnc(COc2ccc(Cl)c3c2[C@@H](CN2CC4(CC4)CC2=O)N(C(=O)[C@@H]2CCCO[C@@H]2C(=O)O)CC3)c1C(F)F.Cn1nnc(COc2ccc(Cl)c3c2[C@@H](CN2CC4(CC4)CC2=O)N(C(=O)[C@@H]2CCCO[C@@H]2C(=O)OCc2ccccc2)CC3)c1C(F)F.O=C(O)C1CCCOC1C(=O)OCc1ccccc1.O=C1OC(=O)C2OCCCC12. The number of hydrogen-bond donors (Lipinski definition) is 2. The second kappa shape index (κ2) is 38.1. The van der Waals surface area contributed by atoms with E-state index >= 15 is 0 Å². The topological polar surface area (TPSA) is 369 Å². The number of aryl methyl sites for hydroxylation is 2. The Labute approximate surface area is 702 Å². The molecule has 9 fully saturated rings. The van der Waals surface area contributed by atoms with Gasteiger partial charge in [0.05, 0.1) is 35.8 Å². The molecule has 31 nitrogen and oxygen atoms in total. The van der Waals surface area contributed by atoms with Crippen molar-refractivity contribution in [1.29, 1.82) is 0 Å². The molecule has 11 heterocycles. The molecular weight excluding hydrogens is 1630 g/mol. The van der Waals surface area contributed by atoms with Crippen LogP contribution in [-0.2, 0) is 134 Å². The van der Waals surface area contributed by atoms with E-state index in [1.54, 1.807) is 43.9 Å². The number of ether oxygens (including phenoxy) is 9. The molecule has 2 aliphatic carbocycles. The molecule has 0 bridgehead atoms. The highest BCUT2D eigenvalue weighted by Gasteiger charge is 2.56. The number of alkyl halides is 4. The lowest BCUT2D eigenvalue weighted by Crippen LogP contribution is -2.52. The Morgan fingerprint density at radius 1 is 0.521 bits per heavy atom. The van der Waals surface area contributed by atoms with Crippen molar-refractivity contribution in [3.8, 4) is 11.5 Å². The van der Waals surface area contributed by atoms with Gasteiger partial charge in [0.15, 0.2) is 24.4 Å². The van der Waals surface area contributed by atoms with E-state index in [-0.39, 0.29) is 122 Å². The van der Waals surface area contributed by atoms with Crippen molar-refractivity contribution in [1.82, 2.24) is 49.6 Å². The molecule has 4 unspecified atom stereocenters. The van der Waals surface area contributed by atoms with Crippen molar-refractivity contribution in [2.75, 3.05) is 65.7 Å². The number of cyclic esters (lactones) is 2. The molecule has 121 heavy (non-hydrogen) atoms. The van der Waals surface area contributed by atoms with E-state index in [0.29, 0.717) is 130 Å². The van der Waals surface area contributed by atoms with Crippen molar-refractivity contribution < 1.29 is 118 Å². The van der Waals surface area contributed by atoms with Gasteiger partial charge in [-0.05, 0) is 147 Å². The molecule has 37 heteroatoms. The predicted octanol–water partition coefficient (Wildman–Crippen LogP) is 9.74. The lowest BCUT2D eigenvalue weighted by atomic mass is 9.87. The van der Waals surface area contributed by atoms with E-state index in [2.05, 4.69) is 25.4 Å². The van der Waals surface area contributed by atoms with Gasteiger partial charge in [-0.15, -0.1) is 10.2 Å². The van der Waals surface area contributed by atoms with Crippen molar-refractivity contribution >= 4 is 82.6 Å². The van der Waals surface area contributed by atoms with Crippen LogP contribution in [0.15, 0.2) is 84.9 Å². The maximum atomic E-state index is 14.6. The zero-order valence-electron chi connectivity index (χ0n) is 66.6. The lowest BCUT2D eigenvalue weighted by molar-refractivity contribution is -0.174. The summed E-state index contributed by atoms with van der Waals surface area (Å²) >= 11 is 13.4. The summed E-state index contributed by atoms with van der Waals surface area (Å²) in [6, 6.07) is 23.8. The third-order valence-electron chi connectivity index (χ3n) is 24.4. The molecule has 2 aromatic heterocycles. The molecule has 11 aliphatic rings. The summed E-state index contributed by atoms with van der Waals surface area (Å²) in [7, 11) is 2.77. The van der Waals surface area contributed by atoms with Crippen molar-refractivity contribution in [2.45, 2.75) is 179 Å². The number of halogens is 6. The molecule has 2 N–H and O–H groups in total. The number of aliphatic carboxylic acids is 2. The van der Waals surface area contributed by atoms with E-state index in [1.807, 2.05) is 60.7 Å². The monoisotopic (exact) mass is 1720 g/mol. The Morgan fingerprint density at radius 2 is 0.934 bits per heavy atom. The molecule has 0 radical (unpaired) electrons. The molecule has 7 saturated heterocycles. The third-order valence-corrected chi connectivity index (χ3v) is 25.1. The van der Waals surface area contributed by atoms with Crippen LogP contribution < -0.4 is 9.47 Å². The number of carbonyl (C=O) groups is 10. The number of benzene rings is 4. The van der Waals surface area contributed by atoms with E-state index in [0.717, 1.165) is 70.1 Å². The Bertz CT molecular complexity index is 4820. The van der Waals surface area contributed by atoms with Crippen LogP contribution in [0.4, 0.5) is 17.6 Å². The summed E-state index contributed by atoms with van der Waals surface area (Å²) in [6.07, 6.45) is 0.606. The van der Waals surface area contributed by atoms with Crippen LogP contribution in [0.2, 0.25) is 10.0 Å². The van der Waals surface area contributed by atoms with Gasteiger partial charge in [0.25, 0.3) is 12.9 Å². The first kappa shape index (κ1) is 87.2. The minimum Gasteiger partial charge on any atom is -0.487 e. The Kier molecular flexibility index (Phi) is 27.4. The third kappa shape index (κ3) is 19.8. The smallest absolute Gasteiger partial charge is 0.343 e.